The van der Waals surface area contributed by atoms with Crippen molar-refractivity contribution in [2.24, 2.45) is 29.0 Å². The summed E-state index contributed by atoms with van der Waals surface area (Å²) in [5.41, 5.74) is 16.8. The number of hydrogen-bond donors (Lipinski definition) is 14. The van der Waals surface area contributed by atoms with Crippen molar-refractivity contribution in [1.82, 2.24) is 37.2 Å². The summed E-state index contributed by atoms with van der Waals surface area (Å²) in [6, 6.07) is -9.38. The molecule has 21 nitrogen and oxygen atoms in total. The van der Waals surface area contributed by atoms with Gasteiger partial charge in [-0.15, -0.1) is 0 Å². The number of carboxylic acids is 1. The molecule has 0 rings (SSSR count). The zero-order valence-corrected chi connectivity index (χ0v) is 34.1. The minimum Gasteiger partial charge on any atom is -0.480 e. The van der Waals surface area contributed by atoms with Crippen LogP contribution in [0.25, 0.3) is 0 Å². The summed E-state index contributed by atoms with van der Waals surface area (Å²) < 4.78 is 0. The molecule has 9 atom stereocenters. The predicted octanol–water partition coefficient (Wildman–Crippen LogP) is -4.63. The number of unbranched alkanes of at least 4 members (excludes halogenated alkanes) is 1. The van der Waals surface area contributed by atoms with Crippen molar-refractivity contribution in [2.45, 2.75) is 115 Å². The average molecular weight is 837 g/mol. The van der Waals surface area contributed by atoms with Gasteiger partial charge in [-0.25, -0.2) is 4.79 Å². The summed E-state index contributed by atoms with van der Waals surface area (Å²) >= 11 is 7.91. The van der Waals surface area contributed by atoms with Crippen LogP contribution in [-0.2, 0) is 43.2 Å². The minimum atomic E-state index is -1.73. The molecule has 0 fully saturated rings. The van der Waals surface area contributed by atoms with Crippen molar-refractivity contribution in [1.29, 1.82) is 0 Å². The number of hydrogen-bond acceptors (Lipinski definition) is 14. The summed E-state index contributed by atoms with van der Waals surface area (Å²) in [5, 5.41) is 35.8. The first-order valence-electron chi connectivity index (χ1n) is 18.1. The van der Waals surface area contributed by atoms with E-state index in [9.17, 15) is 53.4 Å². The maximum atomic E-state index is 13.4. The van der Waals surface area contributed by atoms with Crippen LogP contribution in [0.2, 0.25) is 0 Å². The van der Waals surface area contributed by atoms with Gasteiger partial charge in [-0.3, -0.25) is 38.4 Å². The van der Waals surface area contributed by atoms with Crippen molar-refractivity contribution >= 4 is 78.5 Å². The molecule has 0 aliphatic rings. The van der Waals surface area contributed by atoms with Gasteiger partial charge in [-0.05, 0) is 44.6 Å². The number of aliphatic carboxylic acids is 1. The Balaban J connectivity index is 5.77. The van der Waals surface area contributed by atoms with Gasteiger partial charge in [0.25, 0.3) is 0 Å². The van der Waals surface area contributed by atoms with Crippen LogP contribution in [0.5, 0.6) is 0 Å². The number of carbonyl (C=O) groups excluding carboxylic acids is 8. The zero-order valence-electron chi connectivity index (χ0n) is 32.3. The average Bonchev–Trinajstić information content (AvgIpc) is 3.13. The Morgan fingerprint density at radius 3 is 1.66 bits per heavy atom. The maximum absolute atomic E-state index is 13.4. The summed E-state index contributed by atoms with van der Waals surface area (Å²) in [6.07, 6.45) is -0.592. The Bertz CT molecular complexity index is 1370. The third-order valence-electron chi connectivity index (χ3n) is 8.55. The molecule has 0 spiro atoms. The van der Waals surface area contributed by atoms with Gasteiger partial charge in [-0.2, -0.15) is 25.3 Å². The fourth-order valence-electron chi connectivity index (χ4n) is 4.79. The first kappa shape index (κ1) is 51.8. The van der Waals surface area contributed by atoms with Crippen LogP contribution in [0.4, 0.5) is 0 Å². The number of thiol groups is 2. The van der Waals surface area contributed by atoms with Crippen LogP contribution in [0.3, 0.4) is 0 Å². The van der Waals surface area contributed by atoms with E-state index in [1.54, 1.807) is 27.7 Å². The first-order valence-corrected chi connectivity index (χ1v) is 19.4. The lowest BCUT2D eigenvalue weighted by Crippen LogP contribution is -2.61. The summed E-state index contributed by atoms with van der Waals surface area (Å²) in [6.45, 7) is 7.82. The molecule has 0 unspecified atom stereocenters. The van der Waals surface area contributed by atoms with E-state index in [0.717, 1.165) is 6.92 Å². The van der Waals surface area contributed by atoms with E-state index in [0.29, 0.717) is 25.8 Å². The Hall–Kier alpha value is -4.19. The summed E-state index contributed by atoms with van der Waals surface area (Å²) in [4.78, 5) is 114. The van der Waals surface area contributed by atoms with Gasteiger partial charge in [0.05, 0.1) is 25.1 Å². The van der Waals surface area contributed by atoms with Crippen molar-refractivity contribution in [2.75, 3.05) is 24.6 Å². The fraction of sp³-hybridized carbons (Fsp3) is 0.727. The third kappa shape index (κ3) is 18.6. The Morgan fingerprint density at radius 2 is 1.18 bits per heavy atom. The second kappa shape index (κ2) is 26.6. The molecule has 0 aromatic carbocycles. The topological polar surface area (TPSA) is 356 Å². The van der Waals surface area contributed by atoms with Gasteiger partial charge >= 0.3 is 5.97 Å². The summed E-state index contributed by atoms with van der Waals surface area (Å²) in [7, 11) is 0. The Labute approximate surface area is 337 Å². The molecule has 0 aliphatic carbocycles. The Morgan fingerprint density at radius 1 is 0.661 bits per heavy atom. The summed E-state index contributed by atoms with van der Waals surface area (Å²) in [5.74, 6) is -9.84. The number of nitrogens with one attached hydrogen (secondary N) is 7. The SMILES string of the molecule is CC[C@H](C)[C@H](NC(=O)[C@H](CCCCN)NC(=O)[C@@H](N)C(C)C)C(=O)NCC(=O)N[C@@H](CS)C(=O)N[C@@H](CC(N)=O)C(=O)N[C@H](C(=O)N[C@@H](CS)C(=O)O)[C@@H](C)O. The molecule has 320 valence electrons. The lowest BCUT2D eigenvalue weighted by molar-refractivity contribution is -0.142. The van der Waals surface area contributed by atoms with E-state index in [1.807, 2.05) is 0 Å². The molecule has 0 saturated carbocycles. The van der Waals surface area contributed by atoms with Crippen LogP contribution in [0, 0.1) is 11.8 Å². The normalized spacial score (nSPS) is 15.9. The number of carbonyl (C=O) groups is 9. The van der Waals surface area contributed by atoms with Gasteiger partial charge < -0.3 is 64.6 Å². The van der Waals surface area contributed by atoms with E-state index in [2.05, 4.69) is 62.5 Å². The van der Waals surface area contributed by atoms with E-state index in [1.165, 1.54) is 0 Å². The highest BCUT2D eigenvalue weighted by atomic mass is 32.1. The number of aliphatic hydroxyl groups excluding tert-OH is 1. The van der Waals surface area contributed by atoms with E-state index in [4.69, 9.17) is 17.2 Å². The third-order valence-corrected chi connectivity index (χ3v) is 9.28. The van der Waals surface area contributed by atoms with Gasteiger partial charge in [0.15, 0.2) is 0 Å². The molecule has 0 aromatic rings. The molecule has 15 N–H and O–H groups in total. The van der Waals surface area contributed by atoms with E-state index < -0.39 is 121 Å². The highest BCUT2D eigenvalue weighted by Gasteiger charge is 2.35. The van der Waals surface area contributed by atoms with Gasteiger partial charge in [0.1, 0.15) is 36.3 Å². The van der Waals surface area contributed by atoms with Crippen molar-refractivity contribution < 1.29 is 53.4 Å². The molecular weight excluding hydrogens is 777 g/mol. The Kier molecular flexibility index (Phi) is 24.6. The van der Waals surface area contributed by atoms with Gasteiger partial charge in [0, 0.05) is 11.5 Å². The molecule has 23 heteroatoms. The lowest BCUT2D eigenvalue weighted by atomic mass is 9.97. The number of amides is 8. The van der Waals surface area contributed by atoms with Crippen LogP contribution in [0.15, 0.2) is 0 Å². The lowest BCUT2D eigenvalue weighted by Gasteiger charge is -2.27. The predicted molar refractivity (Wildman–Crippen MR) is 211 cm³/mol. The zero-order chi connectivity index (χ0) is 43.3. The first-order chi connectivity index (χ1) is 26.1. The highest BCUT2D eigenvalue weighted by molar-refractivity contribution is 7.80. The molecule has 0 radical (unpaired) electrons. The van der Waals surface area contributed by atoms with Crippen LogP contribution < -0.4 is 54.4 Å². The van der Waals surface area contributed by atoms with Crippen LogP contribution in [-0.4, -0.2) is 136 Å². The van der Waals surface area contributed by atoms with Crippen molar-refractivity contribution in [3.63, 3.8) is 0 Å². The standard InChI is InChI=1S/C33H60N10O11S2/c1-6-16(4)25(42-27(47)18(9-7-8-10-34)39-30(50)24(36)15(2)3)31(51)37-12-23(46)38-20(13-55)29(49)40-19(11-22(35)45)28(48)43-26(17(5)44)32(52)41-21(14-56)33(53)54/h15-21,24-26,44,55-56H,6-14,34,36H2,1-5H3,(H2,35,45)(H,37,51)(H,38,46)(H,39,50)(H,40,49)(H,41,52)(H,42,47)(H,43,48)(H,53,54)/t16-,17+,18-,19-,20-,21-,24-,25-,26-/m0/s1. The number of carboxylic acid groups (broad SMARTS) is 1. The molecular formula is C33H60N10O11S2. The molecule has 0 saturated heterocycles. The van der Waals surface area contributed by atoms with Crippen LogP contribution >= 0.6 is 25.3 Å². The van der Waals surface area contributed by atoms with Crippen LogP contribution in [0.1, 0.15) is 66.7 Å². The highest BCUT2D eigenvalue weighted by Crippen LogP contribution is 2.11. The van der Waals surface area contributed by atoms with Crippen molar-refractivity contribution in [3.05, 3.63) is 0 Å². The number of rotatable bonds is 27. The maximum Gasteiger partial charge on any atom is 0.327 e. The quantitative estimate of drug-likeness (QED) is 0.0274. The monoisotopic (exact) mass is 836 g/mol. The molecule has 0 aromatic heterocycles. The van der Waals surface area contributed by atoms with Gasteiger partial charge in [0.2, 0.25) is 47.3 Å². The number of aliphatic hydroxyl groups is 1. The minimum absolute atomic E-state index is 0.204. The number of primary amides is 1. The second-order valence-electron chi connectivity index (χ2n) is 13.5. The molecule has 0 heterocycles. The molecule has 0 bridgehead atoms. The fourth-order valence-corrected chi connectivity index (χ4v) is 5.30. The second-order valence-corrected chi connectivity index (χ2v) is 14.3. The van der Waals surface area contributed by atoms with E-state index in [-0.39, 0.29) is 23.8 Å². The van der Waals surface area contributed by atoms with E-state index >= 15 is 0 Å². The number of nitrogens with two attached hydrogens (primary N) is 3. The van der Waals surface area contributed by atoms with Gasteiger partial charge in [-0.1, -0.05) is 34.1 Å². The smallest absolute Gasteiger partial charge is 0.327 e. The molecule has 8 amide bonds. The molecule has 56 heavy (non-hydrogen) atoms. The molecule has 0 aliphatic heterocycles. The largest absolute Gasteiger partial charge is 0.480 e. The van der Waals surface area contributed by atoms with Crippen molar-refractivity contribution in [3.8, 4) is 0 Å².